The van der Waals surface area contributed by atoms with Gasteiger partial charge in [0.1, 0.15) is 12.3 Å². The van der Waals surface area contributed by atoms with Crippen LogP contribution in [0.5, 0.6) is 0 Å². The Morgan fingerprint density at radius 3 is 2.33 bits per heavy atom. The molecule has 242 valence electrons. The van der Waals surface area contributed by atoms with Crippen molar-refractivity contribution in [3.63, 3.8) is 0 Å². The first kappa shape index (κ1) is 33.0. The van der Waals surface area contributed by atoms with Gasteiger partial charge in [-0.3, -0.25) is 14.6 Å². The predicted octanol–water partition coefficient (Wildman–Crippen LogP) is 2.56. The molecule has 3 heterocycles. The molecule has 5 rings (SSSR count). The van der Waals surface area contributed by atoms with Gasteiger partial charge < -0.3 is 29.9 Å². The molecule has 1 aliphatic rings. The number of halogens is 3. The van der Waals surface area contributed by atoms with Gasteiger partial charge in [0.15, 0.2) is 5.65 Å². The van der Waals surface area contributed by atoms with E-state index in [9.17, 15) is 27.9 Å². The fraction of sp³-hybridized carbons (Fsp3) is 0.344. The van der Waals surface area contributed by atoms with E-state index in [1.807, 2.05) is 36.4 Å². The summed E-state index contributed by atoms with van der Waals surface area (Å²) in [5, 5.41) is 14.7. The van der Waals surface area contributed by atoms with E-state index in [2.05, 4.69) is 66.8 Å². The molecule has 1 aliphatic heterocycles. The van der Waals surface area contributed by atoms with E-state index in [4.69, 9.17) is 14.9 Å². The number of aliphatic hydroxyl groups excluding tert-OH is 1. The van der Waals surface area contributed by atoms with Gasteiger partial charge in [-0.2, -0.15) is 18.2 Å². The van der Waals surface area contributed by atoms with Gasteiger partial charge in [0.25, 0.3) is 13.9 Å². The van der Waals surface area contributed by atoms with Crippen molar-refractivity contribution in [2.45, 2.75) is 56.8 Å². The minimum Gasteiger partial charge on any atom is -0.405 e. The number of alkyl halides is 3. The first-order chi connectivity index (χ1) is 21.7. The lowest BCUT2D eigenvalue weighted by Gasteiger charge is -2.43. The molecular weight excluding hydrogens is 619 g/mol. The Hall–Kier alpha value is -4.42. The molecule has 1 unspecified atom stereocenters. The van der Waals surface area contributed by atoms with Crippen molar-refractivity contribution < 1.29 is 32.2 Å². The number of hydrogen-bond donors (Lipinski definition) is 4. The summed E-state index contributed by atoms with van der Waals surface area (Å²) in [5.41, 5.74) is 5.46. The average Bonchev–Trinajstić information content (AvgIpc) is 3.55. The second-order valence-electron chi connectivity index (χ2n) is 12.0. The summed E-state index contributed by atoms with van der Waals surface area (Å²) in [7, 11) is -2.93. The van der Waals surface area contributed by atoms with Crippen LogP contribution in [0.3, 0.4) is 0 Å². The van der Waals surface area contributed by atoms with E-state index in [-0.39, 0.29) is 40.6 Å². The summed E-state index contributed by atoms with van der Waals surface area (Å²) in [6.45, 7) is 5.90. The molecule has 0 saturated carbocycles. The summed E-state index contributed by atoms with van der Waals surface area (Å²) in [5.74, 6) is 2.76. The monoisotopic (exact) mass is 653 g/mol. The zero-order valence-corrected chi connectivity index (χ0v) is 26.4. The number of aliphatic hydroxyl groups is 1. The molecule has 5 N–H and O–H groups in total. The molecule has 3 atom stereocenters. The van der Waals surface area contributed by atoms with E-state index in [0.717, 1.165) is 10.4 Å². The van der Waals surface area contributed by atoms with Crippen LogP contribution in [0, 0.1) is 11.8 Å². The maximum Gasteiger partial charge on any atom is 0.471 e. The summed E-state index contributed by atoms with van der Waals surface area (Å²) < 4.78 is 52.4. The number of amides is 1. The molecule has 1 amide bonds. The number of nitrogens with two attached hydrogens (primary N) is 1. The van der Waals surface area contributed by atoms with E-state index in [0.29, 0.717) is 0 Å². The maximum atomic E-state index is 12.8. The van der Waals surface area contributed by atoms with E-state index < -0.39 is 50.9 Å². The lowest BCUT2D eigenvalue weighted by molar-refractivity contribution is -0.173. The zero-order valence-electron chi connectivity index (χ0n) is 25.4. The van der Waals surface area contributed by atoms with Crippen molar-refractivity contribution in [1.82, 2.24) is 19.9 Å². The molecule has 14 heteroatoms. The number of aromatic nitrogens is 3. The Morgan fingerprint density at radius 2 is 1.76 bits per heavy atom. The van der Waals surface area contributed by atoms with E-state index in [1.54, 1.807) is 5.32 Å². The Balaban J connectivity index is 1.44. The first-order valence-corrected chi connectivity index (χ1v) is 16.5. The molecule has 0 aliphatic carbocycles. The largest absolute Gasteiger partial charge is 0.471 e. The molecule has 2 aromatic carbocycles. The minimum absolute atomic E-state index is 0.0361. The number of H-pyrrole nitrogens is 1. The van der Waals surface area contributed by atoms with Crippen LogP contribution in [-0.2, 0) is 14.0 Å². The number of nitrogen functional groups attached to an aromatic ring is 1. The fourth-order valence-electron chi connectivity index (χ4n) is 5.86. The van der Waals surface area contributed by atoms with Crippen LogP contribution in [0.2, 0.25) is 5.04 Å². The van der Waals surface area contributed by atoms with Gasteiger partial charge in [-0.1, -0.05) is 93.3 Å². The summed E-state index contributed by atoms with van der Waals surface area (Å²) in [6.07, 6.45) is -5.93. The number of carbonyl (C=O) groups excluding carboxylic acids is 1. The van der Waals surface area contributed by atoms with Crippen molar-refractivity contribution in [2.75, 3.05) is 18.9 Å². The van der Waals surface area contributed by atoms with Crippen LogP contribution in [-0.4, -0.2) is 65.4 Å². The SMILES string of the molecule is CC(C)(C)[Si](OC[C@H]1O[C@@H](n2cc(C#CCNC(=O)C(F)(F)F)c3c(=O)[nH]c(N)nc32)CC1O)(c1ccccc1)c1ccccc1. The van der Waals surface area contributed by atoms with Crippen LogP contribution < -0.4 is 27.0 Å². The number of aromatic amines is 1. The van der Waals surface area contributed by atoms with Gasteiger partial charge in [-0.15, -0.1) is 0 Å². The molecule has 1 saturated heterocycles. The van der Waals surface area contributed by atoms with Crippen molar-refractivity contribution in [1.29, 1.82) is 0 Å². The molecule has 0 spiro atoms. The highest BCUT2D eigenvalue weighted by atomic mass is 28.4. The molecule has 2 aromatic heterocycles. The molecular formula is C32H34F3N5O5Si. The first-order valence-electron chi connectivity index (χ1n) is 14.5. The number of nitrogens with one attached hydrogen (secondary N) is 2. The van der Waals surface area contributed by atoms with Crippen molar-refractivity contribution in [3.05, 3.63) is 82.8 Å². The summed E-state index contributed by atoms with van der Waals surface area (Å²) in [6, 6.07) is 20.1. The molecule has 1 fully saturated rings. The summed E-state index contributed by atoms with van der Waals surface area (Å²) >= 11 is 0. The van der Waals surface area contributed by atoms with E-state index in [1.165, 1.54) is 10.8 Å². The number of hydrogen-bond acceptors (Lipinski definition) is 7. The van der Waals surface area contributed by atoms with Crippen LogP contribution in [0.4, 0.5) is 19.1 Å². The number of fused-ring (bicyclic) bond motifs is 1. The molecule has 0 radical (unpaired) electrons. The standard InChI is InChI=1S/C32H34F3N5O5Si/c1-31(2,3)46(21-12-6-4-7-13-21,22-14-8-5-9-15-22)44-19-24-23(41)17-25(45-24)40-18-20(11-10-16-37-29(43)32(33,34)35)26-27(40)38-30(36)39-28(26)42/h4-9,12-15,18,23-25,41H,16-17,19H2,1-3H3,(H,37,43)(H3,36,38,39,42)/t23?,24-,25-/m1/s1. The number of rotatable bonds is 7. The molecule has 0 bridgehead atoms. The van der Waals surface area contributed by atoms with Crippen LogP contribution in [0.15, 0.2) is 71.7 Å². The van der Waals surface area contributed by atoms with Gasteiger partial charge in [0.05, 0.1) is 30.2 Å². The summed E-state index contributed by atoms with van der Waals surface area (Å²) in [4.78, 5) is 30.6. The second kappa shape index (κ2) is 12.8. The quantitative estimate of drug-likeness (QED) is 0.177. The van der Waals surface area contributed by atoms with Gasteiger partial charge in [0, 0.05) is 12.6 Å². The predicted molar refractivity (Wildman–Crippen MR) is 169 cm³/mol. The molecule has 4 aromatic rings. The van der Waals surface area contributed by atoms with Crippen LogP contribution >= 0.6 is 0 Å². The molecule has 10 nitrogen and oxygen atoms in total. The highest BCUT2D eigenvalue weighted by molar-refractivity contribution is 6.99. The highest BCUT2D eigenvalue weighted by Crippen LogP contribution is 2.38. The Bertz CT molecular complexity index is 1790. The fourth-order valence-corrected chi connectivity index (χ4v) is 10.4. The van der Waals surface area contributed by atoms with Crippen molar-refractivity contribution >= 4 is 41.6 Å². The maximum absolute atomic E-state index is 12.8. The topological polar surface area (TPSA) is 144 Å². The Kier molecular flexibility index (Phi) is 9.14. The minimum atomic E-state index is -5.05. The lowest BCUT2D eigenvalue weighted by Crippen LogP contribution is -2.67. The third-order valence-corrected chi connectivity index (χ3v) is 12.9. The number of benzene rings is 2. The van der Waals surface area contributed by atoms with Crippen molar-refractivity contribution in [3.8, 4) is 11.8 Å². The normalized spacial score (nSPS) is 18.7. The number of carbonyl (C=O) groups is 1. The van der Waals surface area contributed by atoms with Gasteiger partial charge in [-0.25, -0.2) is 0 Å². The Labute approximate surface area is 263 Å². The van der Waals surface area contributed by atoms with Gasteiger partial charge >= 0.3 is 12.1 Å². The van der Waals surface area contributed by atoms with Gasteiger partial charge in [0.2, 0.25) is 5.95 Å². The zero-order chi connectivity index (χ0) is 33.3. The second-order valence-corrected chi connectivity index (χ2v) is 16.3. The van der Waals surface area contributed by atoms with Crippen molar-refractivity contribution in [2.24, 2.45) is 0 Å². The third-order valence-electron chi connectivity index (χ3n) is 7.91. The molecule has 46 heavy (non-hydrogen) atoms. The number of anilines is 1. The number of ether oxygens (including phenoxy) is 1. The Morgan fingerprint density at radius 1 is 1.15 bits per heavy atom. The van der Waals surface area contributed by atoms with E-state index >= 15 is 0 Å². The van der Waals surface area contributed by atoms with Gasteiger partial charge in [-0.05, 0) is 15.4 Å². The smallest absolute Gasteiger partial charge is 0.405 e. The highest BCUT2D eigenvalue weighted by Gasteiger charge is 2.51. The number of nitrogens with zero attached hydrogens (tertiary/aromatic N) is 2. The van der Waals surface area contributed by atoms with Crippen LogP contribution in [0.25, 0.3) is 11.0 Å². The third kappa shape index (κ3) is 6.45. The van der Waals surface area contributed by atoms with Crippen LogP contribution in [0.1, 0.15) is 39.0 Å². The average molecular weight is 654 g/mol. The lowest BCUT2D eigenvalue weighted by atomic mass is 10.2.